The van der Waals surface area contributed by atoms with E-state index in [1.807, 2.05) is 13.0 Å². The number of hydrogen-bond acceptors (Lipinski definition) is 3. The van der Waals surface area contributed by atoms with E-state index in [1.165, 1.54) is 12.1 Å². The Labute approximate surface area is 111 Å². The quantitative estimate of drug-likeness (QED) is 0.892. The Balaban J connectivity index is 1.92. The third kappa shape index (κ3) is 2.46. The average molecular weight is 260 g/mol. The average Bonchev–Trinajstić information content (AvgIpc) is 2.82. The molecule has 0 bridgehead atoms. The van der Waals surface area contributed by atoms with Crippen LogP contribution in [-0.4, -0.2) is 36.0 Å². The van der Waals surface area contributed by atoms with Crippen LogP contribution in [0.25, 0.3) is 5.69 Å². The molecule has 2 heterocycles. The SMILES string of the molecule is Cc1cc(N2CCNCC2)nn1-c1cccc(F)c1. The van der Waals surface area contributed by atoms with Gasteiger partial charge in [-0.15, -0.1) is 0 Å². The van der Waals surface area contributed by atoms with Crippen LogP contribution in [0.3, 0.4) is 0 Å². The van der Waals surface area contributed by atoms with Crippen LogP contribution < -0.4 is 10.2 Å². The molecule has 1 aromatic heterocycles. The topological polar surface area (TPSA) is 33.1 Å². The predicted molar refractivity (Wildman–Crippen MR) is 73.3 cm³/mol. The molecule has 1 aromatic carbocycles. The lowest BCUT2D eigenvalue weighted by atomic mass is 10.3. The van der Waals surface area contributed by atoms with Crippen LogP contribution >= 0.6 is 0 Å². The number of piperazine rings is 1. The summed E-state index contributed by atoms with van der Waals surface area (Å²) in [6.45, 7) is 5.86. The number of nitrogens with zero attached hydrogens (tertiary/aromatic N) is 3. The molecule has 0 atom stereocenters. The van der Waals surface area contributed by atoms with Crippen molar-refractivity contribution in [2.75, 3.05) is 31.1 Å². The van der Waals surface area contributed by atoms with Crippen LogP contribution in [0.1, 0.15) is 5.69 Å². The summed E-state index contributed by atoms with van der Waals surface area (Å²) in [6.07, 6.45) is 0. The molecule has 4 nitrogen and oxygen atoms in total. The molecule has 3 rings (SSSR count). The van der Waals surface area contributed by atoms with Gasteiger partial charge in [0, 0.05) is 37.9 Å². The lowest BCUT2D eigenvalue weighted by Crippen LogP contribution is -2.43. The minimum absolute atomic E-state index is 0.240. The van der Waals surface area contributed by atoms with Gasteiger partial charge in [-0.25, -0.2) is 9.07 Å². The fraction of sp³-hybridized carbons (Fsp3) is 0.357. The van der Waals surface area contributed by atoms with Gasteiger partial charge >= 0.3 is 0 Å². The van der Waals surface area contributed by atoms with E-state index >= 15 is 0 Å². The normalized spacial score (nSPS) is 15.8. The molecular weight excluding hydrogens is 243 g/mol. The van der Waals surface area contributed by atoms with Gasteiger partial charge in [0.2, 0.25) is 0 Å². The zero-order chi connectivity index (χ0) is 13.2. The van der Waals surface area contributed by atoms with E-state index in [9.17, 15) is 4.39 Å². The van der Waals surface area contributed by atoms with E-state index in [0.717, 1.165) is 43.4 Å². The minimum Gasteiger partial charge on any atom is -0.353 e. The van der Waals surface area contributed by atoms with Crippen molar-refractivity contribution < 1.29 is 4.39 Å². The number of halogens is 1. The first kappa shape index (κ1) is 12.2. The summed E-state index contributed by atoms with van der Waals surface area (Å²) in [5.41, 5.74) is 1.78. The van der Waals surface area contributed by atoms with Gasteiger partial charge in [-0.2, -0.15) is 5.10 Å². The van der Waals surface area contributed by atoms with Gasteiger partial charge in [0.1, 0.15) is 5.82 Å². The van der Waals surface area contributed by atoms with Crippen LogP contribution in [0.15, 0.2) is 30.3 Å². The Kier molecular flexibility index (Phi) is 3.21. The molecule has 5 heteroatoms. The highest BCUT2D eigenvalue weighted by Crippen LogP contribution is 2.19. The predicted octanol–water partition coefficient (Wildman–Crippen LogP) is 1.73. The molecule has 1 saturated heterocycles. The van der Waals surface area contributed by atoms with E-state index in [2.05, 4.69) is 21.4 Å². The lowest BCUT2D eigenvalue weighted by Gasteiger charge is -2.27. The third-order valence-corrected chi connectivity index (χ3v) is 3.37. The van der Waals surface area contributed by atoms with E-state index in [-0.39, 0.29) is 5.82 Å². The van der Waals surface area contributed by atoms with E-state index in [4.69, 9.17) is 0 Å². The summed E-state index contributed by atoms with van der Waals surface area (Å²) < 4.78 is 15.1. The monoisotopic (exact) mass is 260 g/mol. The number of anilines is 1. The van der Waals surface area contributed by atoms with Crippen molar-refractivity contribution in [2.24, 2.45) is 0 Å². The second-order valence-corrected chi connectivity index (χ2v) is 4.77. The Bertz CT molecular complexity index is 573. The maximum absolute atomic E-state index is 13.3. The van der Waals surface area contributed by atoms with Crippen LogP contribution in [0.4, 0.5) is 10.2 Å². The zero-order valence-electron chi connectivity index (χ0n) is 10.9. The lowest BCUT2D eigenvalue weighted by molar-refractivity contribution is 0.582. The highest BCUT2D eigenvalue weighted by atomic mass is 19.1. The molecule has 0 aliphatic carbocycles. The first-order valence-electron chi connectivity index (χ1n) is 6.52. The Morgan fingerprint density at radius 2 is 2.00 bits per heavy atom. The largest absolute Gasteiger partial charge is 0.353 e. The maximum atomic E-state index is 13.3. The van der Waals surface area contributed by atoms with Gasteiger partial charge in [0.25, 0.3) is 0 Å². The summed E-state index contributed by atoms with van der Waals surface area (Å²) in [6, 6.07) is 8.57. The molecule has 100 valence electrons. The van der Waals surface area contributed by atoms with Gasteiger partial charge in [-0.3, -0.25) is 0 Å². The summed E-state index contributed by atoms with van der Waals surface area (Å²) >= 11 is 0. The van der Waals surface area contributed by atoms with Gasteiger partial charge in [0.15, 0.2) is 5.82 Å². The standard InChI is InChI=1S/C14H17FN4/c1-11-9-14(18-7-5-16-6-8-18)17-19(11)13-4-2-3-12(15)10-13/h2-4,9-10,16H,5-8H2,1H3. The molecule has 0 radical (unpaired) electrons. The number of nitrogens with one attached hydrogen (secondary N) is 1. The highest BCUT2D eigenvalue weighted by Gasteiger charge is 2.15. The first-order valence-corrected chi connectivity index (χ1v) is 6.52. The van der Waals surface area contributed by atoms with Gasteiger partial charge < -0.3 is 10.2 Å². The van der Waals surface area contributed by atoms with Crippen molar-refractivity contribution in [3.8, 4) is 5.69 Å². The maximum Gasteiger partial charge on any atom is 0.151 e. The number of aromatic nitrogens is 2. The van der Waals surface area contributed by atoms with Crippen LogP contribution in [0, 0.1) is 12.7 Å². The summed E-state index contributed by atoms with van der Waals surface area (Å²) in [7, 11) is 0. The zero-order valence-corrected chi connectivity index (χ0v) is 10.9. The van der Waals surface area contributed by atoms with E-state index < -0.39 is 0 Å². The van der Waals surface area contributed by atoms with Crippen molar-refractivity contribution in [1.82, 2.24) is 15.1 Å². The molecular formula is C14H17FN4. The van der Waals surface area contributed by atoms with Crippen LogP contribution in [-0.2, 0) is 0 Å². The van der Waals surface area contributed by atoms with Crippen molar-refractivity contribution in [2.45, 2.75) is 6.92 Å². The van der Waals surface area contributed by atoms with Gasteiger partial charge in [-0.1, -0.05) is 6.07 Å². The molecule has 1 aliphatic rings. The fourth-order valence-electron chi connectivity index (χ4n) is 2.38. The van der Waals surface area contributed by atoms with E-state index in [1.54, 1.807) is 10.7 Å². The summed E-state index contributed by atoms with van der Waals surface area (Å²) in [4.78, 5) is 2.25. The van der Waals surface area contributed by atoms with Crippen molar-refractivity contribution in [3.05, 3.63) is 41.8 Å². The van der Waals surface area contributed by atoms with Crippen molar-refractivity contribution >= 4 is 5.82 Å². The van der Waals surface area contributed by atoms with Crippen LogP contribution in [0.5, 0.6) is 0 Å². The Morgan fingerprint density at radius 3 is 2.74 bits per heavy atom. The summed E-state index contributed by atoms with van der Waals surface area (Å²) in [5.74, 6) is 0.722. The molecule has 2 aromatic rings. The molecule has 1 N–H and O–H groups in total. The smallest absolute Gasteiger partial charge is 0.151 e. The third-order valence-electron chi connectivity index (χ3n) is 3.37. The van der Waals surface area contributed by atoms with Crippen LogP contribution in [0.2, 0.25) is 0 Å². The molecule has 1 fully saturated rings. The Hall–Kier alpha value is -1.88. The van der Waals surface area contributed by atoms with Gasteiger partial charge in [0.05, 0.1) is 5.69 Å². The molecule has 0 spiro atoms. The minimum atomic E-state index is -0.240. The molecule has 1 aliphatic heterocycles. The fourth-order valence-corrected chi connectivity index (χ4v) is 2.38. The number of benzene rings is 1. The number of aryl methyl sites for hydroxylation is 1. The summed E-state index contributed by atoms with van der Waals surface area (Å²) in [5, 5.41) is 7.91. The number of rotatable bonds is 2. The second kappa shape index (κ2) is 5.01. The molecule has 0 amide bonds. The highest BCUT2D eigenvalue weighted by molar-refractivity contribution is 5.44. The van der Waals surface area contributed by atoms with E-state index in [0.29, 0.717) is 0 Å². The number of hydrogen-bond donors (Lipinski definition) is 1. The molecule has 0 saturated carbocycles. The Morgan fingerprint density at radius 1 is 1.21 bits per heavy atom. The van der Waals surface area contributed by atoms with Gasteiger partial charge in [-0.05, 0) is 25.1 Å². The second-order valence-electron chi connectivity index (χ2n) is 4.77. The first-order chi connectivity index (χ1) is 9.24. The molecule has 0 unspecified atom stereocenters. The molecule has 19 heavy (non-hydrogen) atoms. The van der Waals surface area contributed by atoms with Crippen molar-refractivity contribution in [3.63, 3.8) is 0 Å². The van der Waals surface area contributed by atoms with Crippen molar-refractivity contribution in [1.29, 1.82) is 0 Å².